The standard InChI is InChI=1S/C32H57N9O3S.Cu/c33-45(42,43)44-23-15-7-14-22-24(23)32-40-30-21-13-6-5-12-20(21)28(38-30)36-26-17-9-2-1-8-16(17)25(34-26)35-27-18-10-3-4-11-19(18)29(37-27)39-31(22)41-32;/h16-32,34-41H,1-15H2,(H2,33,42,43);. The molecule has 5 aliphatic heterocycles. The summed E-state index contributed by atoms with van der Waals surface area (Å²) in [6.45, 7) is 0. The van der Waals surface area contributed by atoms with Crippen LogP contribution in [0.4, 0.5) is 0 Å². The molecule has 10 N–H and O–H groups in total. The third kappa shape index (κ3) is 6.07. The normalized spacial score (nSPS) is 53.4. The summed E-state index contributed by atoms with van der Waals surface area (Å²) in [5.74, 6) is 3.90. The van der Waals surface area contributed by atoms with E-state index in [-0.39, 0.29) is 65.9 Å². The molecule has 4 aliphatic carbocycles. The number of fused-ring (bicyclic) bond motifs is 20. The predicted octanol–water partition coefficient (Wildman–Crippen LogP) is 0.802. The van der Waals surface area contributed by atoms with Crippen molar-refractivity contribution in [2.24, 2.45) is 52.5 Å². The second kappa shape index (κ2) is 13.3. The summed E-state index contributed by atoms with van der Waals surface area (Å²) >= 11 is 0. The molecule has 17 atom stereocenters. The van der Waals surface area contributed by atoms with Gasteiger partial charge in [0.15, 0.2) is 0 Å². The molecule has 9 aliphatic rings. The fourth-order valence-electron chi connectivity index (χ4n) is 12.3. The molecule has 0 amide bonds. The summed E-state index contributed by atoms with van der Waals surface area (Å²) in [6.07, 6.45) is 19.3. The molecule has 9 fully saturated rings. The van der Waals surface area contributed by atoms with Crippen molar-refractivity contribution in [1.82, 2.24) is 42.5 Å². The zero-order valence-corrected chi connectivity index (χ0v) is 28.7. The Morgan fingerprint density at radius 1 is 0.413 bits per heavy atom. The summed E-state index contributed by atoms with van der Waals surface area (Å²) in [5, 5.41) is 38.3. The maximum absolute atomic E-state index is 12.3. The minimum absolute atomic E-state index is 0. The summed E-state index contributed by atoms with van der Waals surface area (Å²) in [4.78, 5) is 0. The van der Waals surface area contributed by atoms with Gasteiger partial charge in [-0.3, -0.25) is 46.7 Å². The van der Waals surface area contributed by atoms with Crippen molar-refractivity contribution in [1.29, 1.82) is 0 Å². The van der Waals surface area contributed by atoms with Crippen molar-refractivity contribution in [3.8, 4) is 0 Å². The molecule has 265 valence electrons. The first-order valence-electron chi connectivity index (χ1n) is 18.7. The van der Waals surface area contributed by atoms with Crippen LogP contribution in [0.2, 0.25) is 0 Å². The van der Waals surface area contributed by atoms with E-state index in [9.17, 15) is 8.42 Å². The maximum atomic E-state index is 12.3. The summed E-state index contributed by atoms with van der Waals surface area (Å²) in [7, 11) is -4.05. The number of hydrogen-bond acceptors (Lipinski definition) is 11. The molecule has 17 unspecified atom stereocenters. The van der Waals surface area contributed by atoms with Crippen LogP contribution in [0, 0.1) is 47.3 Å². The van der Waals surface area contributed by atoms with Crippen LogP contribution in [0.3, 0.4) is 0 Å². The minimum Gasteiger partial charge on any atom is -0.286 e. The average molecular weight is 711 g/mol. The molecule has 12 nitrogen and oxygen atoms in total. The summed E-state index contributed by atoms with van der Waals surface area (Å²) in [6, 6.07) is 0. The van der Waals surface area contributed by atoms with E-state index in [2.05, 4.69) is 42.5 Å². The van der Waals surface area contributed by atoms with Gasteiger partial charge in [-0.15, -0.1) is 0 Å². The molecule has 8 bridgehead atoms. The van der Waals surface area contributed by atoms with Crippen LogP contribution in [-0.4, -0.2) is 63.8 Å². The first-order valence-corrected chi connectivity index (χ1v) is 20.2. The van der Waals surface area contributed by atoms with E-state index in [4.69, 9.17) is 9.32 Å². The topological polar surface area (TPSA) is 166 Å². The van der Waals surface area contributed by atoms with Gasteiger partial charge in [0.05, 0.1) is 55.4 Å². The quantitative estimate of drug-likeness (QED) is 0.186. The summed E-state index contributed by atoms with van der Waals surface area (Å²) < 4.78 is 30.2. The average Bonchev–Trinajstić information content (AvgIpc) is 3.76. The van der Waals surface area contributed by atoms with E-state index in [0.29, 0.717) is 54.3 Å². The molecule has 9 rings (SSSR count). The molecule has 14 heteroatoms. The van der Waals surface area contributed by atoms with E-state index in [0.717, 1.165) is 12.8 Å². The second-order valence-electron chi connectivity index (χ2n) is 16.3. The smallest absolute Gasteiger partial charge is 0.286 e. The van der Waals surface area contributed by atoms with Crippen LogP contribution in [0.25, 0.3) is 0 Å². The number of nitrogens with one attached hydrogen (secondary N) is 8. The van der Waals surface area contributed by atoms with E-state index in [1.54, 1.807) is 0 Å². The molecule has 0 aromatic carbocycles. The van der Waals surface area contributed by atoms with E-state index in [1.807, 2.05) is 0 Å². The van der Waals surface area contributed by atoms with Gasteiger partial charge in [0.2, 0.25) is 0 Å². The minimum atomic E-state index is -4.05. The van der Waals surface area contributed by atoms with Crippen LogP contribution in [-0.2, 0) is 31.6 Å². The van der Waals surface area contributed by atoms with Gasteiger partial charge >= 0.3 is 10.3 Å². The van der Waals surface area contributed by atoms with E-state index < -0.39 is 16.4 Å². The number of hydrogen-bond donors (Lipinski definition) is 9. The molecule has 0 aromatic rings. The molecule has 0 spiro atoms. The molecular formula is C32H57CuN9O3S. The fourth-order valence-corrected chi connectivity index (χ4v) is 12.9. The van der Waals surface area contributed by atoms with Crippen molar-refractivity contribution in [2.75, 3.05) is 0 Å². The van der Waals surface area contributed by atoms with Crippen LogP contribution < -0.4 is 47.7 Å². The Bertz CT molecular complexity index is 1200. The first-order chi connectivity index (χ1) is 21.9. The third-order valence-electron chi connectivity index (χ3n) is 14.1. The Kier molecular flexibility index (Phi) is 9.62. The predicted molar refractivity (Wildman–Crippen MR) is 171 cm³/mol. The van der Waals surface area contributed by atoms with Gasteiger partial charge in [-0.05, 0) is 92.8 Å². The third-order valence-corrected chi connectivity index (χ3v) is 14.6. The van der Waals surface area contributed by atoms with E-state index >= 15 is 0 Å². The van der Waals surface area contributed by atoms with Crippen molar-refractivity contribution < 1.29 is 29.7 Å². The van der Waals surface area contributed by atoms with Gasteiger partial charge in [-0.2, -0.15) is 8.42 Å². The Morgan fingerprint density at radius 3 is 1.02 bits per heavy atom. The zero-order chi connectivity index (χ0) is 30.3. The number of rotatable bonds is 2. The van der Waals surface area contributed by atoms with Gasteiger partial charge in [0.25, 0.3) is 0 Å². The van der Waals surface area contributed by atoms with Gasteiger partial charge in [-0.25, -0.2) is 5.14 Å². The fraction of sp³-hybridized carbons (Fsp3) is 1.00. The Hall–Kier alpha value is 0.0695. The van der Waals surface area contributed by atoms with Crippen molar-refractivity contribution in [2.45, 2.75) is 152 Å². The van der Waals surface area contributed by atoms with Crippen LogP contribution >= 0.6 is 0 Å². The van der Waals surface area contributed by atoms with Gasteiger partial charge < -0.3 is 0 Å². The summed E-state index contributed by atoms with van der Waals surface area (Å²) in [5.41, 5.74) is 0. The number of nitrogens with two attached hydrogens (primary N) is 1. The molecule has 4 saturated carbocycles. The Labute approximate surface area is 285 Å². The Morgan fingerprint density at radius 2 is 0.696 bits per heavy atom. The maximum Gasteiger partial charge on any atom is 0.333 e. The molecular weight excluding hydrogens is 654 g/mol. The molecule has 5 heterocycles. The van der Waals surface area contributed by atoms with Gasteiger partial charge in [0, 0.05) is 23.0 Å². The van der Waals surface area contributed by atoms with Crippen molar-refractivity contribution in [3.05, 3.63) is 0 Å². The monoisotopic (exact) mass is 710 g/mol. The molecule has 1 radical (unpaired) electrons. The van der Waals surface area contributed by atoms with Crippen LogP contribution in [0.1, 0.15) is 96.3 Å². The van der Waals surface area contributed by atoms with Crippen molar-refractivity contribution >= 4 is 10.3 Å². The molecule has 5 saturated heterocycles. The van der Waals surface area contributed by atoms with E-state index in [1.165, 1.54) is 77.0 Å². The molecule has 46 heavy (non-hydrogen) atoms. The SMILES string of the molecule is NS(=O)(=O)OC1CCCC2C3NC4NC(NC5NC(NC6NC(NC(N3)C12)C1CCCCC61)C1CCCCC51)C1CCCCC41.[Cu]. The largest absolute Gasteiger partial charge is 0.333 e. The molecule has 0 aromatic heterocycles. The zero-order valence-electron chi connectivity index (χ0n) is 26.9. The van der Waals surface area contributed by atoms with Gasteiger partial charge in [0.1, 0.15) is 0 Å². The van der Waals surface area contributed by atoms with Crippen LogP contribution in [0.5, 0.6) is 0 Å². The second-order valence-corrected chi connectivity index (χ2v) is 17.5. The van der Waals surface area contributed by atoms with Crippen molar-refractivity contribution in [3.63, 3.8) is 0 Å². The van der Waals surface area contributed by atoms with Gasteiger partial charge in [-0.1, -0.05) is 44.9 Å². The van der Waals surface area contributed by atoms with Crippen LogP contribution in [0.15, 0.2) is 0 Å². The Balaban J connectivity index is 0.00000312. The first kappa shape index (κ1) is 33.2.